The minimum atomic E-state index is -0.460. The summed E-state index contributed by atoms with van der Waals surface area (Å²) in [6.45, 7) is 4.04. The first-order chi connectivity index (χ1) is 14.6. The number of aromatic nitrogens is 1. The highest BCUT2D eigenvalue weighted by molar-refractivity contribution is 7.16. The van der Waals surface area contributed by atoms with Gasteiger partial charge in [0.15, 0.2) is 10.6 Å². The van der Waals surface area contributed by atoms with E-state index in [0.29, 0.717) is 38.3 Å². The molecule has 4 rings (SSSR count). The van der Waals surface area contributed by atoms with E-state index in [4.69, 9.17) is 0 Å². The number of hydrogen-bond donors (Lipinski definition) is 0. The fraction of sp³-hybridized carbons (Fsp3) is 0.0417. The molecule has 3 aromatic carbocycles. The molecule has 1 heterocycles. The quantitative estimate of drug-likeness (QED) is 0.340. The van der Waals surface area contributed by atoms with Crippen molar-refractivity contribution >= 4 is 33.2 Å². The number of benzene rings is 3. The fourth-order valence-electron chi connectivity index (χ4n) is 3.14. The SMILES string of the molecule is C=CCn1c(=NC(=O)c2ccc(C(=O)c3ccccc3)cc2)sc2cccc(F)c21. The summed E-state index contributed by atoms with van der Waals surface area (Å²) in [6, 6.07) is 20.1. The molecular formula is C24H17FN2O2S. The number of carbonyl (C=O) groups is 2. The molecule has 0 saturated heterocycles. The van der Waals surface area contributed by atoms with Crippen LogP contribution in [0.3, 0.4) is 0 Å². The summed E-state index contributed by atoms with van der Waals surface area (Å²) in [5.74, 6) is -0.947. The normalized spacial score (nSPS) is 11.6. The highest BCUT2D eigenvalue weighted by atomic mass is 32.1. The Labute approximate surface area is 176 Å². The van der Waals surface area contributed by atoms with Crippen LogP contribution in [-0.4, -0.2) is 16.3 Å². The summed E-state index contributed by atoms with van der Waals surface area (Å²) in [4.78, 5) is 29.8. The molecular weight excluding hydrogens is 399 g/mol. The lowest BCUT2D eigenvalue weighted by Crippen LogP contribution is -2.16. The van der Waals surface area contributed by atoms with Crippen LogP contribution in [0.25, 0.3) is 10.2 Å². The molecule has 0 aliphatic carbocycles. The summed E-state index contributed by atoms with van der Waals surface area (Å²) in [5, 5.41) is 0. The van der Waals surface area contributed by atoms with Crippen molar-refractivity contribution in [3.63, 3.8) is 0 Å². The Hall–Kier alpha value is -3.64. The van der Waals surface area contributed by atoms with Crippen molar-refractivity contribution < 1.29 is 14.0 Å². The molecule has 148 valence electrons. The van der Waals surface area contributed by atoms with E-state index in [2.05, 4.69) is 11.6 Å². The number of hydrogen-bond acceptors (Lipinski definition) is 3. The zero-order valence-electron chi connectivity index (χ0n) is 15.9. The molecule has 0 atom stereocenters. The molecule has 6 heteroatoms. The smallest absolute Gasteiger partial charge is 0.279 e. The van der Waals surface area contributed by atoms with E-state index in [-0.39, 0.29) is 11.6 Å². The van der Waals surface area contributed by atoms with E-state index < -0.39 is 5.91 Å². The zero-order chi connectivity index (χ0) is 21.1. The van der Waals surface area contributed by atoms with Crippen LogP contribution in [0.4, 0.5) is 4.39 Å². The van der Waals surface area contributed by atoms with Gasteiger partial charge in [-0.3, -0.25) is 9.59 Å². The van der Waals surface area contributed by atoms with Gasteiger partial charge >= 0.3 is 0 Å². The lowest BCUT2D eigenvalue weighted by atomic mass is 10.0. The highest BCUT2D eigenvalue weighted by Gasteiger charge is 2.13. The van der Waals surface area contributed by atoms with E-state index in [1.807, 2.05) is 6.07 Å². The van der Waals surface area contributed by atoms with Gasteiger partial charge in [0.1, 0.15) is 5.82 Å². The molecule has 0 saturated carbocycles. The topological polar surface area (TPSA) is 51.4 Å². The Morgan fingerprint density at radius 2 is 1.60 bits per heavy atom. The third-order valence-corrected chi connectivity index (χ3v) is 5.63. The Kier molecular flexibility index (Phi) is 5.50. The summed E-state index contributed by atoms with van der Waals surface area (Å²) >= 11 is 1.24. The van der Waals surface area contributed by atoms with Crippen molar-refractivity contribution in [2.75, 3.05) is 0 Å². The number of halogens is 1. The second kappa shape index (κ2) is 8.39. The van der Waals surface area contributed by atoms with Crippen LogP contribution in [0.5, 0.6) is 0 Å². The lowest BCUT2D eigenvalue weighted by Gasteiger charge is -2.03. The first-order valence-corrected chi connectivity index (χ1v) is 10.1. The minimum Gasteiger partial charge on any atom is -0.310 e. The van der Waals surface area contributed by atoms with Crippen LogP contribution < -0.4 is 4.80 Å². The van der Waals surface area contributed by atoms with Crippen LogP contribution in [0.2, 0.25) is 0 Å². The number of amides is 1. The summed E-state index contributed by atoms with van der Waals surface area (Å²) < 4.78 is 16.6. The number of rotatable bonds is 5. The maximum Gasteiger partial charge on any atom is 0.279 e. The molecule has 0 aliphatic rings. The Bertz CT molecular complexity index is 1320. The molecule has 1 amide bonds. The van der Waals surface area contributed by atoms with Gasteiger partial charge in [-0.1, -0.05) is 65.9 Å². The standard InChI is InChI=1S/C24H17FN2O2S/c1-2-15-27-21-19(25)9-6-10-20(21)30-24(27)26-23(29)18-13-11-17(12-14-18)22(28)16-7-4-3-5-8-16/h2-14H,1,15H2. The number of carbonyl (C=O) groups excluding carboxylic acids is 2. The number of para-hydroxylation sites is 1. The predicted octanol–water partition coefficient (Wildman–Crippen LogP) is 5.00. The Morgan fingerprint density at radius 1 is 0.933 bits per heavy atom. The van der Waals surface area contributed by atoms with E-state index in [0.717, 1.165) is 0 Å². The van der Waals surface area contributed by atoms with Crippen molar-refractivity contribution in [2.24, 2.45) is 4.99 Å². The van der Waals surface area contributed by atoms with Gasteiger partial charge in [0.25, 0.3) is 5.91 Å². The minimum absolute atomic E-state index is 0.115. The van der Waals surface area contributed by atoms with Gasteiger partial charge in [-0.25, -0.2) is 4.39 Å². The number of thiazole rings is 1. The number of ketones is 1. The van der Waals surface area contributed by atoms with Crippen LogP contribution in [-0.2, 0) is 6.54 Å². The number of allylic oxidation sites excluding steroid dienone is 1. The summed E-state index contributed by atoms with van der Waals surface area (Å²) in [5.41, 5.74) is 1.82. The van der Waals surface area contributed by atoms with Gasteiger partial charge in [0.05, 0.1) is 10.2 Å². The van der Waals surface area contributed by atoms with Crippen LogP contribution in [0.15, 0.2) is 90.4 Å². The van der Waals surface area contributed by atoms with E-state index in [1.54, 1.807) is 71.3 Å². The van der Waals surface area contributed by atoms with E-state index in [1.165, 1.54) is 17.4 Å². The van der Waals surface area contributed by atoms with E-state index in [9.17, 15) is 14.0 Å². The lowest BCUT2D eigenvalue weighted by molar-refractivity contribution is 0.0994. The van der Waals surface area contributed by atoms with Crippen LogP contribution in [0.1, 0.15) is 26.3 Å². The first-order valence-electron chi connectivity index (χ1n) is 9.26. The van der Waals surface area contributed by atoms with Gasteiger partial charge in [-0.15, -0.1) is 6.58 Å². The molecule has 30 heavy (non-hydrogen) atoms. The largest absolute Gasteiger partial charge is 0.310 e. The number of fused-ring (bicyclic) bond motifs is 1. The average molecular weight is 416 g/mol. The molecule has 4 nitrogen and oxygen atoms in total. The van der Waals surface area contributed by atoms with Crippen LogP contribution in [0, 0.1) is 5.82 Å². The molecule has 0 radical (unpaired) electrons. The average Bonchev–Trinajstić information content (AvgIpc) is 3.12. The molecule has 0 unspecified atom stereocenters. The van der Waals surface area contributed by atoms with Crippen molar-refractivity contribution in [3.8, 4) is 0 Å². The van der Waals surface area contributed by atoms with Gasteiger partial charge in [-0.05, 0) is 24.3 Å². The van der Waals surface area contributed by atoms with E-state index >= 15 is 0 Å². The number of nitrogens with zero attached hydrogens (tertiary/aromatic N) is 2. The first kappa shape index (κ1) is 19.7. The third-order valence-electron chi connectivity index (χ3n) is 4.59. The molecule has 0 spiro atoms. The van der Waals surface area contributed by atoms with Crippen molar-refractivity contribution in [2.45, 2.75) is 6.54 Å². The van der Waals surface area contributed by atoms with Gasteiger partial charge < -0.3 is 4.57 Å². The fourth-order valence-corrected chi connectivity index (χ4v) is 4.19. The molecule has 0 aliphatic heterocycles. The summed E-state index contributed by atoms with van der Waals surface area (Å²) in [6.07, 6.45) is 1.63. The second-order valence-electron chi connectivity index (χ2n) is 6.56. The Balaban J connectivity index is 1.68. The highest BCUT2D eigenvalue weighted by Crippen LogP contribution is 2.20. The van der Waals surface area contributed by atoms with Gasteiger partial charge in [0.2, 0.25) is 0 Å². The van der Waals surface area contributed by atoms with Crippen molar-refractivity contribution in [3.05, 3.63) is 113 Å². The predicted molar refractivity (Wildman–Crippen MR) is 116 cm³/mol. The Morgan fingerprint density at radius 3 is 2.30 bits per heavy atom. The summed E-state index contributed by atoms with van der Waals surface area (Å²) in [7, 11) is 0. The van der Waals surface area contributed by atoms with Crippen molar-refractivity contribution in [1.29, 1.82) is 0 Å². The van der Waals surface area contributed by atoms with Gasteiger partial charge in [-0.2, -0.15) is 4.99 Å². The van der Waals surface area contributed by atoms with Gasteiger partial charge in [0, 0.05) is 23.2 Å². The van der Waals surface area contributed by atoms with Crippen molar-refractivity contribution in [1.82, 2.24) is 4.57 Å². The molecule has 0 fully saturated rings. The maximum atomic E-state index is 14.3. The maximum absolute atomic E-state index is 14.3. The molecule has 1 aromatic heterocycles. The second-order valence-corrected chi connectivity index (χ2v) is 7.57. The van der Waals surface area contributed by atoms with Crippen LogP contribution >= 0.6 is 11.3 Å². The molecule has 4 aromatic rings. The zero-order valence-corrected chi connectivity index (χ0v) is 16.7. The molecule has 0 N–H and O–H groups in total. The third kappa shape index (κ3) is 3.77. The monoisotopic (exact) mass is 416 g/mol. The molecule has 0 bridgehead atoms.